The molecule has 3 heterocycles. The first kappa shape index (κ1) is 13.6. The standard InChI is InChI=1S/C13H11N7O2/c1-20-10(6-16-19-20)8-2-7(4-15-5-8)9-3-11(21)17-18-12(9)13(14)22/h2-6H,1H3,(H2,14,22)(H,17,21). The average Bonchev–Trinajstić information content (AvgIpc) is 2.93. The molecule has 0 aliphatic carbocycles. The van der Waals surface area contributed by atoms with E-state index in [4.69, 9.17) is 5.73 Å². The molecular formula is C13H11N7O2. The number of aryl methyl sites for hydroxylation is 1. The van der Waals surface area contributed by atoms with Crippen LogP contribution < -0.4 is 11.3 Å². The van der Waals surface area contributed by atoms with Crippen LogP contribution in [0, 0.1) is 0 Å². The van der Waals surface area contributed by atoms with Gasteiger partial charge in [-0.05, 0) is 6.07 Å². The molecule has 9 nitrogen and oxygen atoms in total. The summed E-state index contributed by atoms with van der Waals surface area (Å²) < 4.78 is 1.59. The van der Waals surface area contributed by atoms with Crippen LogP contribution in [0.3, 0.4) is 0 Å². The first-order valence-corrected chi connectivity index (χ1v) is 6.26. The second-order valence-electron chi connectivity index (χ2n) is 4.56. The van der Waals surface area contributed by atoms with Crippen molar-refractivity contribution in [1.82, 2.24) is 30.2 Å². The fourth-order valence-corrected chi connectivity index (χ4v) is 2.09. The topological polar surface area (TPSA) is 132 Å². The lowest BCUT2D eigenvalue weighted by Gasteiger charge is -2.07. The molecule has 0 atom stereocenters. The predicted octanol–water partition coefficient (Wildman–Crippen LogP) is -0.274. The van der Waals surface area contributed by atoms with Crippen LogP contribution in [0.1, 0.15) is 10.5 Å². The maximum absolute atomic E-state index is 11.5. The molecule has 3 rings (SSSR count). The van der Waals surface area contributed by atoms with E-state index in [-0.39, 0.29) is 5.69 Å². The number of hydrogen-bond acceptors (Lipinski definition) is 6. The van der Waals surface area contributed by atoms with E-state index < -0.39 is 11.5 Å². The molecule has 1 amide bonds. The third-order valence-corrected chi connectivity index (χ3v) is 3.10. The number of carbonyl (C=O) groups is 1. The largest absolute Gasteiger partial charge is 0.364 e. The Morgan fingerprint density at radius 3 is 2.68 bits per heavy atom. The van der Waals surface area contributed by atoms with Gasteiger partial charge in [0, 0.05) is 42.2 Å². The normalized spacial score (nSPS) is 10.6. The number of carbonyl (C=O) groups excluding carboxylic acids is 1. The van der Waals surface area contributed by atoms with Gasteiger partial charge in [-0.15, -0.1) is 5.10 Å². The number of nitrogens with two attached hydrogens (primary N) is 1. The van der Waals surface area contributed by atoms with Gasteiger partial charge >= 0.3 is 0 Å². The number of H-pyrrole nitrogens is 1. The summed E-state index contributed by atoms with van der Waals surface area (Å²) in [5.74, 6) is -0.737. The van der Waals surface area contributed by atoms with Gasteiger partial charge in [-0.3, -0.25) is 14.6 Å². The zero-order chi connectivity index (χ0) is 15.7. The smallest absolute Gasteiger partial charge is 0.269 e. The second-order valence-corrected chi connectivity index (χ2v) is 4.56. The van der Waals surface area contributed by atoms with Crippen molar-refractivity contribution >= 4 is 5.91 Å². The number of aromatic nitrogens is 6. The van der Waals surface area contributed by atoms with Crippen LogP contribution in [0.4, 0.5) is 0 Å². The minimum atomic E-state index is -0.737. The van der Waals surface area contributed by atoms with E-state index in [9.17, 15) is 9.59 Å². The number of rotatable bonds is 3. The molecule has 9 heteroatoms. The quantitative estimate of drug-likeness (QED) is 0.683. The Morgan fingerprint density at radius 2 is 2.00 bits per heavy atom. The third kappa shape index (κ3) is 2.35. The Labute approximate surface area is 123 Å². The van der Waals surface area contributed by atoms with Crippen molar-refractivity contribution in [3.63, 3.8) is 0 Å². The molecule has 0 aliphatic rings. The van der Waals surface area contributed by atoms with E-state index in [0.29, 0.717) is 11.1 Å². The summed E-state index contributed by atoms with van der Waals surface area (Å²) in [7, 11) is 1.75. The van der Waals surface area contributed by atoms with Gasteiger partial charge in [0.2, 0.25) is 0 Å². The van der Waals surface area contributed by atoms with Crippen LogP contribution in [-0.2, 0) is 7.05 Å². The van der Waals surface area contributed by atoms with Gasteiger partial charge in [0.1, 0.15) is 0 Å². The molecule has 110 valence electrons. The molecule has 0 saturated carbocycles. The summed E-state index contributed by atoms with van der Waals surface area (Å²) in [4.78, 5) is 27.1. The number of aromatic amines is 1. The number of primary amides is 1. The van der Waals surface area contributed by atoms with Crippen LogP contribution in [0.25, 0.3) is 22.4 Å². The first-order chi connectivity index (χ1) is 10.6. The molecule has 0 aromatic carbocycles. The van der Waals surface area contributed by atoms with E-state index in [2.05, 4.69) is 25.5 Å². The van der Waals surface area contributed by atoms with Crippen molar-refractivity contribution in [2.75, 3.05) is 0 Å². The minimum Gasteiger partial charge on any atom is -0.364 e. The fourth-order valence-electron chi connectivity index (χ4n) is 2.09. The number of nitrogens with zero attached hydrogens (tertiary/aromatic N) is 5. The SMILES string of the molecule is Cn1nncc1-c1cncc(-c2cc(=O)[nH]nc2C(N)=O)c1. The van der Waals surface area contributed by atoms with Crippen LogP contribution in [-0.4, -0.2) is 36.1 Å². The van der Waals surface area contributed by atoms with Crippen molar-refractivity contribution in [1.29, 1.82) is 0 Å². The average molecular weight is 297 g/mol. The lowest BCUT2D eigenvalue weighted by Crippen LogP contribution is -2.19. The van der Waals surface area contributed by atoms with E-state index in [1.807, 2.05) is 0 Å². The van der Waals surface area contributed by atoms with Gasteiger partial charge in [0.05, 0.1) is 11.9 Å². The van der Waals surface area contributed by atoms with Crippen molar-refractivity contribution in [3.05, 3.63) is 46.8 Å². The Kier molecular flexibility index (Phi) is 3.22. The molecule has 0 radical (unpaired) electrons. The Bertz CT molecular complexity index is 913. The zero-order valence-electron chi connectivity index (χ0n) is 11.5. The highest BCUT2D eigenvalue weighted by molar-refractivity contribution is 5.97. The summed E-state index contributed by atoms with van der Waals surface area (Å²) in [6.45, 7) is 0. The van der Waals surface area contributed by atoms with Crippen LogP contribution in [0.5, 0.6) is 0 Å². The van der Waals surface area contributed by atoms with Crippen LogP contribution >= 0.6 is 0 Å². The molecule has 0 bridgehead atoms. The highest BCUT2D eigenvalue weighted by atomic mass is 16.1. The number of pyridine rings is 1. The van der Waals surface area contributed by atoms with Crippen LogP contribution in [0.2, 0.25) is 0 Å². The summed E-state index contributed by atoms with van der Waals surface area (Å²) in [5.41, 5.74) is 7.17. The number of hydrogen-bond donors (Lipinski definition) is 2. The van der Waals surface area contributed by atoms with Gasteiger partial charge < -0.3 is 5.73 Å². The summed E-state index contributed by atoms with van der Waals surface area (Å²) in [6, 6.07) is 3.02. The predicted molar refractivity (Wildman–Crippen MR) is 76.6 cm³/mol. The molecule has 0 spiro atoms. The Morgan fingerprint density at radius 1 is 1.23 bits per heavy atom. The molecule has 0 fully saturated rings. The summed E-state index contributed by atoms with van der Waals surface area (Å²) in [6.07, 6.45) is 4.74. The highest BCUT2D eigenvalue weighted by Crippen LogP contribution is 2.25. The van der Waals surface area contributed by atoms with Gasteiger partial charge in [-0.2, -0.15) is 5.10 Å². The molecule has 0 aliphatic heterocycles. The summed E-state index contributed by atoms with van der Waals surface area (Å²) >= 11 is 0. The Balaban J connectivity index is 2.18. The maximum atomic E-state index is 11.5. The van der Waals surface area contributed by atoms with Gasteiger partial charge in [0.15, 0.2) is 5.69 Å². The lowest BCUT2D eigenvalue weighted by molar-refractivity contribution is 0.0995. The van der Waals surface area contributed by atoms with Crippen molar-refractivity contribution < 1.29 is 4.79 Å². The van der Waals surface area contributed by atoms with E-state index in [1.165, 1.54) is 12.3 Å². The first-order valence-electron chi connectivity index (χ1n) is 6.26. The van der Waals surface area contributed by atoms with Crippen molar-refractivity contribution in [3.8, 4) is 22.4 Å². The highest BCUT2D eigenvalue weighted by Gasteiger charge is 2.14. The lowest BCUT2D eigenvalue weighted by atomic mass is 10.0. The molecule has 22 heavy (non-hydrogen) atoms. The third-order valence-electron chi connectivity index (χ3n) is 3.10. The monoisotopic (exact) mass is 297 g/mol. The molecular weight excluding hydrogens is 286 g/mol. The zero-order valence-corrected chi connectivity index (χ0v) is 11.5. The Hall–Kier alpha value is -3.36. The van der Waals surface area contributed by atoms with Gasteiger partial charge in [0.25, 0.3) is 11.5 Å². The van der Waals surface area contributed by atoms with Gasteiger partial charge in [-0.1, -0.05) is 5.21 Å². The van der Waals surface area contributed by atoms with Crippen molar-refractivity contribution in [2.24, 2.45) is 12.8 Å². The molecule has 3 aromatic heterocycles. The molecule has 3 N–H and O–H groups in total. The van der Waals surface area contributed by atoms with E-state index in [0.717, 1.165) is 11.3 Å². The molecule has 0 unspecified atom stereocenters. The number of nitrogens with one attached hydrogen (secondary N) is 1. The molecule has 0 saturated heterocycles. The van der Waals surface area contributed by atoms with Crippen molar-refractivity contribution in [2.45, 2.75) is 0 Å². The second kappa shape index (κ2) is 5.20. The number of amides is 1. The van der Waals surface area contributed by atoms with E-state index in [1.54, 1.807) is 30.2 Å². The fraction of sp³-hybridized carbons (Fsp3) is 0.0769. The van der Waals surface area contributed by atoms with Gasteiger partial charge in [-0.25, -0.2) is 9.78 Å². The van der Waals surface area contributed by atoms with Crippen LogP contribution in [0.15, 0.2) is 35.5 Å². The maximum Gasteiger partial charge on any atom is 0.269 e. The minimum absolute atomic E-state index is 0.0262. The summed E-state index contributed by atoms with van der Waals surface area (Å²) in [5, 5.41) is 13.5. The molecule has 3 aromatic rings. The van der Waals surface area contributed by atoms with E-state index >= 15 is 0 Å².